The van der Waals surface area contributed by atoms with Gasteiger partial charge in [-0.25, -0.2) is 8.42 Å². The first kappa shape index (κ1) is 16.5. The molecule has 1 fully saturated rings. The van der Waals surface area contributed by atoms with Gasteiger partial charge in [0.15, 0.2) is 9.84 Å². The highest BCUT2D eigenvalue weighted by Crippen LogP contribution is 2.29. The molecule has 1 heterocycles. The zero-order valence-electron chi connectivity index (χ0n) is 11.8. The van der Waals surface area contributed by atoms with Crippen molar-refractivity contribution in [2.45, 2.75) is 30.2 Å². The number of hydrogen-bond acceptors (Lipinski definition) is 4. The fourth-order valence-electron chi connectivity index (χ4n) is 2.61. The fourth-order valence-corrected chi connectivity index (χ4v) is 4.12. The SMILES string of the molecule is CC1(C(=O)O)CCCN1CCS(=O)(=O)c1ccc(Br)cc1. The maximum absolute atomic E-state index is 12.3. The van der Waals surface area contributed by atoms with Crippen LogP contribution in [0.4, 0.5) is 0 Å². The Kier molecular flexibility index (Phi) is 4.75. The third-order valence-electron chi connectivity index (χ3n) is 4.05. The Morgan fingerprint density at radius 3 is 2.57 bits per heavy atom. The third kappa shape index (κ3) is 3.46. The summed E-state index contributed by atoms with van der Waals surface area (Å²) in [5, 5.41) is 9.32. The Bertz CT molecular complexity index is 629. The second-order valence-corrected chi connectivity index (χ2v) is 8.47. The predicted molar refractivity (Wildman–Crippen MR) is 83.0 cm³/mol. The van der Waals surface area contributed by atoms with E-state index >= 15 is 0 Å². The Labute approximate surface area is 133 Å². The number of carboxylic acids is 1. The van der Waals surface area contributed by atoms with Crippen molar-refractivity contribution in [3.05, 3.63) is 28.7 Å². The minimum atomic E-state index is -3.40. The summed E-state index contributed by atoms with van der Waals surface area (Å²) in [5.74, 6) is -0.960. The minimum Gasteiger partial charge on any atom is -0.480 e. The number of aliphatic carboxylic acids is 1. The number of halogens is 1. The van der Waals surface area contributed by atoms with E-state index < -0.39 is 21.3 Å². The van der Waals surface area contributed by atoms with Crippen molar-refractivity contribution in [3.63, 3.8) is 0 Å². The van der Waals surface area contributed by atoms with Crippen molar-refractivity contribution >= 4 is 31.7 Å². The number of carboxylic acid groups (broad SMARTS) is 1. The normalized spacial score (nSPS) is 23.3. The number of likely N-dealkylation sites (tertiary alicyclic amines) is 1. The van der Waals surface area contributed by atoms with Crippen LogP contribution in [0.2, 0.25) is 0 Å². The van der Waals surface area contributed by atoms with Crippen LogP contribution in [0.5, 0.6) is 0 Å². The Morgan fingerprint density at radius 1 is 1.38 bits per heavy atom. The van der Waals surface area contributed by atoms with E-state index in [9.17, 15) is 18.3 Å². The van der Waals surface area contributed by atoms with Gasteiger partial charge >= 0.3 is 5.97 Å². The molecule has 1 unspecified atom stereocenters. The average Bonchev–Trinajstić information content (AvgIpc) is 2.80. The molecular formula is C14H18BrNO4S. The molecule has 116 valence electrons. The van der Waals surface area contributed by atoms with Gasteiger partial charge in [0.05, 0.1) is 10.6 Å². The van der Waals surface area contributed by atoms with Crippen molar-refractivity contribution in [1.82, 2.24) is 4.90 Å². The summed E-state index contributed by atoms with van der Waals surface area (Å²) in [5.41, 5.74) is -0.949. The first-order valence-corrected chi connectivity index (χ1v) is 9.17. The quantitative estimate of drug-likeness (QED) is 0.853. The molecule has 0 aromatic heterocycles. The van der Waals surface area contributed by atoms with Gasteiger partial charge in [0, 0.05) is 11.0 Å². The van der Waals surface area contributed by atoms with Gasteiger partial charge < -0.3 is 5.11 Å². The predicted octanol–water partition coefficient (Wildman–Crippen LogP) is 2.16. The highest BCUT2D eigenvalue weighted by Gasteiger charge is 2.43. The molecular weight excluding hydrogens is 358 g/mol. The van der Waals surface area contributed by atoms with Gasteiger partial charge in [0.1, 0.15) is 5.54 Å². The van der Waals surface area contributed by atoms with Crippen LogP contribution >= 0.6 is 15.9 Å². The molecule has 1 aromatic rings. The molecule has 1 aliphatic rings. The first-order chi connectivity index (χ1) is 9.75. The van der Waals surface area contributed by atoms with E-state index in [2.05, 4.69) is 15.9 Å². The number of carbonyl (C=O) groups is 1. The third-order valence-corrected chi connectivity index (χ3v) is 6.29. The first-order valence-electron chi connectivity index (χ1n) is 6.72. The molecule has 0 aliphatic carbocycles. The monoisotopic (exact) mass is 375 g/mol. The lowest BCUT2D eigenvalue weighted by molar-refractivity contribution is -0.148. The Hall–Kier alpha value is -0.920. The second kappa shape index (κ2) is 6.06. The highest BCUT2D eigenvalue weighted by atomic mass is 79.9. The lowest BCUT2D eigenvalue weighted by Gasteiger charge is -2.30. The summed E-state index contributed by atoms with van der Waals surface area (Å²) in [6.45, 7) is 2.52. The lowest BCUT2D eigenvalue weighted by Crippen LogP contribution is -2.49. The van der Waals surface area contributed by atoms with E-state index in [1.165, 1.54) is 0 Å². The molecule has 7 heteroatoms. The van der Waals surface area contributed by atoms with Crippen LogP contribution in [0.1, 0.15) is 19.8 Å². The van der Waals surface area contributed by atoms with Gasteiger partial charge in [0.2, 0.25) is 0 Å². The van der Waals surface area contributed by atoms with Crippen LogP contribution in [-0.2, 0) is 14.6 Å². The van der Waals surface area contributed by atoms with Crippen LogP contribution in [0.15, 0.2) is 33.6 Å². The molecule has 0 saturated carbocycles. The zero-order valence-corrected chi connectivity index (χ0v) is 14.2. The topological polar surface area (TPSA) is 74.7 Å². The zero-order chi connectivity index (χ0) is 15.7. The van der Waals surface area contributed by atoms with Crippen molar-refractivity contribution in [2.75, 3.05) is 18.8 Å². The Balaban J connectivity index is 2.08. The molecule has 0 radical (unpaired) electrons. The summed E-state index contributed by atoms with van der Waals surface area (Å²) in [6.07, 6.45) is 1.34. The van der Waals surface area contributed by atoms with Crippen molar-refractivity contribution < 1.29 is 18.3 Å². The van der Waals surface area contributed by atoms with E-state index in [1.54, 1.807) is 36.1 Å². The van der Waals surface area contributed by atoms with Gasteiger partial charge in [-0.05, 0) is 50.6 Å². The molecule has 1 saturated heterocycles. The molecule has 1 aromatic carbocycles. The maximum Gasteiger partial charge on any atom is 0.323 e. The van der Waals surface area contributed by atoms with E-state index in [-0.39, 0.29) is 17.2 Å². The standard InChI is InChI=1S/C14H18BrNO4S/c1-14(13(17)18)7-2-8-16(14)9-10-21(19,20)12-5-3-11(15)4-6-12/h3-6H,2,7-10H2,1H3,(H,17,18). The van der Waals surface area contributed by atoms with Crippen molar-refractivity contribution in [2.24, 2.45) is 0 Å². The molecule has 5 nitrogen and oxygen atoms in total. The Morgan fingerprint density at radius 2 is 2.00 bits per heavy atom. The largest absolute Gasteiger partial charge is 0.480 e. The molecule has 2 rings (SSSR count). The molecule has 1 aliphatic heterocycles. The van der Waals surface area contributed by atoms with Crippen LogP contribution in [0.25, 0.3) is 0 Å². The van der Waals surface area contributed by atoms with Crippen LogP contribution in [0, 0.1) is 0 Å². The van der Waals surface area contributed by atoms with Crippen molar-refractivity contribution in [3.8, 4) is 0 Å². The smallest absolute Gasteiger partial charge is 0.323 e. The molecule has 0 spiro atoms. The lowest BCUT2D eigenvalue weighted by atomic mass is 9.99. The number of hydrogen-bond donors (Lipinski definition) is 1. The van der Waals surface area contributed by atoms with E-state index in [0.29, 0.717) is 13.0 Å². The summed E-state index contributed by atoms with van der Waals surface area (Å²) < 4.78 is 25.4. The molecule has 21 heavy (non-hydrogen) atoms. The number of sulfone groups is 1. The van der Waals surface area contributed by atoms with Gasteiger partial charge in [-0.2, -0.15) is 0 Å². The van der Waals surface area contributed by atoms with Gasteiger partial charge in [0.25, 0.3) is 0 Å². The number of nitrogens with zero attached hydrogens (tertiary/aromatic N) is 1. The van der Waals surface area contributed by atoms with Crippen LogP contribution in [0.3, 0.4) is 0 Å². The van der Waals surface area contributed by atoms with E-state index in [1.807, 2.05) is 0 Å². The molecule has 0 bridgehead atoms. The highest BCUT2D eigenvalue weighted by molar-refractivity contribution is 9.10. The second-order valence-electron chi connectivity index (χ2n) is 5.44. The van der Waals surface area contributed by atoms with Gasteiger partial charge in [-0.1, -0.05) is 15.9 Å². The summed E-state index contributed by atoms with van der Waals surface area (Å²) in [4.78, 5) is 13.4. The van der Waals surface area contributed by atoms with Crippen molar-refractivity contribution in [1.29, 1.82) is 0 Å². The number of benzene rings is 1. The maximum atomic E-state index is 12.3. The van der Waals surface area contributed by atoms with E-state index in [0.717, 1.165) is 10.9 Å². The van der Waals surface area contributed by atoms with Crippen LogP contribution < -0.4 is 0 Å². The summed E-state index contributed by atoms with van der Waals surface area (Å²) in [7, 11) is -3.40. The van der Waals surface area contributed by atoms with Crippen LogP contribution in [-0.4, -0.2) is 48.8 Å². The fraction of sp³-hybridized carbons (Fsp3) is 0.500. The minimum absolute atomic E-state index is 0.0719. The summed E-state index contributed by atoms with van der Waals surface area (Å²) >= 11 is 3.27. The van der Waals surface area contributed by atoms with Gasteiger partial charge in [-0.15, -0.1) is 0 Å². The van der Waals surface area contributed by atoms with E-state index in [4.69, 9.17) is 0 Å². The summed E-state index contributed by atoms with van der Waals surface area (Å²) in [6, 6.07) is 6.48. The molecule has 0 amide bonds. The van der Waals surface area contributed by atoms with Gasteiger partial charge in [-0.3, -0.25) is 9.69 Å². The average molecular weight is 376 g/mol. The molecule has 1 N–H and O–H groups in total. The number of rotatable bonds is 5. The molecule has 1 atom stereocenters.